The largest absolute Gasteiger partial charge is 0.309 e. The minimum absolute atomic E-state index is 0.0511. The molecule has 8 aromatic carbocycles. The molecular weight excluding hydrogens is 767 g/mol. The number of benzene rings is 8. The van der Waals surface area contributed by atoms with Gasteiger partial charge in [-0.1, -0.05) is 199 Å². The van der Waals surface area contributed by atoms with Crippen LogP contribution in [0.5, 0.6) is 0 Å². The summed E-state index contributed by atoms with van der Waals surface area (Å²) in [7, 11) is 0. The second-order valence-corrected chi connectivity index (χ2v) is 19.1. The number of allylic oxidation sites excluding steroid dienone is 5. The van der Waals surface area contributed by atoms with E-state index < -0.39 is 0 Å². The zero-order chi connectivity index (χ0) is 42.8. The summed E-state index contributed by atoms with van der Waals surface area (Å²) in [5.74, 6) is 0. The molecule has 0 unspecified atom stereocenters. The molecule has 0 aliphatic heterocycles. The van der Waals surface area contributed by atoms with Crippen molar-refractivity contribution in [2.24, 2.45) is 0 Å². The number of thiophene rings is 1. The number of nitrogens with zero attached hydrogens (tertiary/aromatic N) is 1. The van der Waals surface area contributed by atoms with E-state index in [1.165, 1.54) is 97.8 Å². The Hall–Kier alpha value is -6.74. The SMILES string of the molecule is C=C/C=C1\C(=C/C)c2cccc(N(c3ccccc3-c3ccc(C(C)(C)C)cc3)c3cc(-c4cccc5cccc(-c6ccccc6)c45)cc4sc5ccccc5c34)c2C1(C)C. The van der Waals surface area contributed by atoms with Crippen molar-refractivity contribution in [3.63, 3.8) is 0 Å². The van der Waals surface area contributed by atoms with Gasteiger partial charge in [0.2, 0.25) is 0 Å². The van der Waals surface area contributed by atoms with Crippen LogP contribution in [0.25, 0.3) is 69.9 Å². The van der Waals surface area contributed by atoms with Gasteiger partial charge in [0, 0.05) is 31.2 Å². The fraction of sp³-hybridized carbons (Fsp3) is 0.133. The van der Waals surface area contributed by atoms with Gasteiger partial charge in [0.05, 0.1) is 17.1 Å². The zero-order valence-electron chi connectivity index (χ0n) is 36.5. The van der Waals surface area contributed by atoms with Crippen LogP contribution in [-0.4, -0.2) is 0 Å². The second kappa shape index (κ2) is 15.3. The summed E-state index contributed by atoms with van der Waals surface area (Å²) in [5.41, 5.74) is 16.9. The minimum Gasteiger partial charge on any atom is -0.309 e. The van der Waals surface area contributed by atoms with Crippen LogP contribution in [-0.2, 0) is 10.8 Å². The first kappa shape index (κ1) is 39.4. The van der Waals surface area contributed by atoms with Gasteiger partial charge in [0.15, 0.2) is 0 Å². The Bertz CT molecular complexity index is 3250. The molecule has 10 rings (SSSR count). The quantitative estimate of drug-likeness (QED) is 0.155. The lowest BCUT2D eigenvalue weighted by molar-refractivity contribution is 0.590. The molecule has 302 valence electrons. The van der Waals surface area contributed by atoms with Crippen LogP contribution in [0.1, 0.15) is 58.2 Å². The van der Waals surface area contributed by atoms with Crippen molar-refractivity contribution in [2.45, 2.75) is 52.4 Å². The normalized spacial score (nSPS) is 14.9. The number of para-hydroxylation sites is 1. The Kier molecular flexibility index (Phi) is 9.73. The molecule has 2 heteroatoms. The van der Waals surface area contributed by atoms with Crippen molar-refractivity contribution in [3.8, 4) is 33.4 Å². The van der Waals surface area contributed by atoms with Gasteiger partial charge in [-0.3, -0.25) is 0 Å². The fourth-order valence-corrected chi connectivity index (χ4v) is 11.2. The molecule has 0 atom stereocenters. The molecule has 1 aliphatic rings. The van der Waals surface area contributed by atoms with Gasteiger partial charge < -0.3 is 4.90 Å². The highest BCUT2D eigenvalue weighted by Crippen LogP contribution is 2.57. The third kappa shape index (κ3) is 6.44. The van der Waals surface area contributed by atoms with Crippen molar-refractivity contribution in [2.75, 3.05) is 4.90 Å². The number of hydrogen-bond donors (Lipinski definition) is 0. The van der Waals surface area contributed by atoms with Crippen molar-refractivity contribution < 1.29 is 0 Å². The minimum atomic E-state index is -0.308. The summed E-state index contributed by atoms with van der Waals surface area (Å²) in [6, 6.07) is 63.3. The summed E-state index contributed by atoms with van der Waals surface area (Å²) in [5, 5.41) is 5.02. The monoisotopic (exact) mass is 817 g/mol. The average molecular weight is 818 g/mol. The molecule has 62 heavy (non-hydrogen) atoms. The van der Waals surface area contributed by atoms with E-state index in [1.54, 1.807) is 0 Å². The maximum atomic E-state index is 4.17. The molecule has 1 aliphatic carbocycles. The van der Waals surface area contributed by atoms with Gasteiger partial charge >= 0.3 is 0 Å². The Morgan fingerprint density at radius 3 is 1.89 bits per heavy atom. The third-order valence-electron chi connectivity index (χ3n) is 12.9. The smallest absolute Gasteiger partial charge is 0.0561 e. The van der Waals surface area contributed by atoms with E-state index in [4.69, 9.17) is 0 Å². The highest BCUT2D eigenvalue weighted by molar-refractivity contribution is 7.26. The fourth-order valence-electron chi connectivity index (χ4n) is 10.0. The predicted molar refractivity (Wildman–Crippen MR) is 271 cm³/mol. The third-order valence-corrected chi connectivity index (χ3v) is 14.1. The number of hydrogen-bond acceptors (Lipinski definition) is 2. The molecule has 0 saturated carbocycles. The average Bonchev–Trinajstić information content (AvgIpc) is 3.77. The van der Waals surface area contributed by atoms with E-state index in [-0.39, 0.29) is 10.8 Å². The Morgan fingerprint density at radius 1 is 0.548 bits per heavy atom. The first-order valence-corrected chi connectivity index (χ1v) is 22.6. The Labute approximate surface area is 370 Å². The van der Waals surface area contributed by atoms with Crippen molar-refractivity contribution in [1.82, 2.24) is 0 Å². The highest BCUT2D eigenvalue weighted by Gasteiger charge is 2.41. The first-order chi connectivity index (χ1) is 30.1. The Balaban J connectivity index is 1.34. The summed E-state index contributed by atoms with van der Waals surface area (Å²) in [4.78, 5) is 2.60. The van der Waals surface area contributed by atoms with Crippen LogP contribution < -0.4 is 4.90 Å². The van der Waals surface area contributed by atoms with Crippen LogP contribution >= 0.6 is 11.3 Å². The van der Waals surface area contributed by atoms with Crippen molar-refractivity contribution in [1.29, 1.82) is 0 Å². The molecule has 1 aromatic heterocycles. The molecule has 0 fully saturated rings. The summed E-state index contributed by atoms with van der Waals surface area (Å²) < 4.78 is 2.54. The topological polar surface area (TPSA) is 3.24 Å². The maximum Gasteiger partial charge on any atom is 0.0561 e. The molecule has 9 aromatic rings. The highest BCUT2D eigenvalue weighted by atomic mass is 32.1. The van der Waals surface area contributed by atoms with E-state index in [9.17, 15) is 0 Å². The Morgan fingerprint density at radius 2 is 1.16 bits per heavy atom. The van der Waals surface area contributed by atoms with Gasteiger partial charge in [-0.05, 0) is 109 Å². The number of rotatable bonds is 7. The van der Waals surface area contributed by atoms with Crippen LogP contribution in [0.2, 0.25) is 0 Å². The standard InChI is InChI=1S/C60H51NS/c1-8-20-50-44(9-2)48-29-19-31-52(58(48)60(50,6)7)61(51-30-15-13-25-45(51)40-33-35-43(36-34-40)59(3,4)5)53-37-42(38-55-57(53)49-26-14-16-32-54(49)62-55)47-28-18-24-41-23-17-27-46(56(41)47)39-21-11-10-12-22-39/h8-38H,1H2,2-7H3/b44-9-,50-20+. The van der Waals surface area contributed by atoms with Crippen molar-refractivity contribution >= 4 is 64.9 Å². The van der Waals surface area contributed by atoms with Gasteiger partial charge in [-0.2, -0.15) is 0 Å². The second-order valence-electron chi connectivity index (χ2n) is 18.1. The molecule has 0 amide bonds. The summed E-state index contributed by atoms with van der Waals surface area (Å²) in [6.07, 6.45) is 6.43. The lowest BCUT2D eigenvalue weighted by Crippen LogP contribution is -2.21. The van der Waals surface area contributed by atoms with Gasteiger partial charge in [0.1, 0.15) is 0 Å². The van der Waals surface area contributed by atoms with E-state index >= 15 is 0 Å². The van der Waals surface area contributed by atoms with Crippen LogP contribution in [0.4, 0.5) is 17.1 Å². The lowest BCUT2D eigenvalue weighted by Gasteiger charge is -2.34. The van der Waals surface area contributed by atoms with Crippen LogP contribution in [0.15, 0.2) is 200 Å². The first-order valence-electron chi connectivity index (χ1n) is 21.7. The molecule has 0 saturated heterocycles. The molecule has 0 radical (unpaired) electrons. The van der Waals surface area contributed by atoms with Crippen molar-refractivity contribution in [3.05, 3.63) is 217 Å². The number of anilines is 3. The van der Waals surface area contributed by atoms with Crippen LogP contribution in [0, 0.1) is 0 Å². The molecule has 0 N–H and O–H groups in total. The summed E-state index contributed by atoms with van der Waals surface area (Å²) >= 11 is 1.88. The maximum absolute atomic E-state index is 4.17. The van der Waals surface area contributed by atoms with Gasteiger partial charge in [-0.15, -0.1) is 11.3 Å². The molecule has 0 spiro atoms. The number of fused-ring (bicyclic) bond motifs is 5. The lowest BCUT2D eigenvalue weighted by atomic mass is 9.80. The van der Waals surface area contributed by atoms with E-state index in [2.05, 4.69) is 235 Å². The van der Waals surface area contributed by atoms with E-state index in [0.717, 1.165) is 11.4 Å². The van der Waals surface area contributed by atoms with E-state index in [0.29, 0.717) is 0 Å². The molecule has 1 heterocycles. The predicted octanol–water partition coefficient (Wildman–Crippen LogP) is 17.8. The molecule has 1 nitrogen and oxygen atoms in total. The van der Waals surface area contributed by atoms with Gasteiger partial charge in [-0.25, -0.2) is 0 Å². The summed E-state index contributed by atoms with van der Waals surface area (Å²) in [6.45, 7) is 17.9. The van der Waals surface area contributed by atoms with E-state index in [1.807, 2.05) is 17.4 Å². The zero-order valence-corrected chi connectivity index (χ0v) is 37.3. The molecular formula is C60H51NS. The molecule has 0 bridgehead atoms. The van der Waals surface area contributed by atoms with Gasteiger partial charge in [0.25, 0.3) is 0 Å². The van der Waals surface area contributed by atoms with Crippen LogP contribution in [0.3, 0.4) is 0 Å².